The molecule has 4 rings (SSSR count). The molecule has 0 saturated heterocycles. The number of hydrogen-bond donors (Lipinski definition) is 2. The number of halogens is 1. The van der Waals surface area contributed by atoms with Gasteiger partial charge in [-0.2, -0.15) is 4.39 Å². The molecule has 156 valence electrons. The summed E-state index contributed by atoms with van der Waals surface area (Å²) in [4.78, 5) is 11.1. The molecule has 0 aliphatic heterocycles. The Morgan fingerprint density at radius 1 is 0.935 bits per heavy atom. The van der Waals surface area contributed by atoms with Crippen LogP contribution in [0.4, 0.5) is 4.39 Å². The molecule has 0 aliphatic carbocycles. The molecule has 0 radical (unpaired) electrons. The monoisotopic (exact) mass is 437 g/mol. The summed E-state index contributed by atoms with van der Waals surface area (Å²) in [5.74, 6) is -0.407. The second-order valence-corrected chi connectivity index (χ2v) is 7.02. The van der Waals surface area contributed by atoms with E-state index >= 15 is 0 Å². The average molecular weight is 437 g/mol. The molecule has 2 atom stereocenters. The molecule has 0 amide bonds. The van der Waals surface area contributed by atoms with Crippen LogP contribution in [0, 0.1) is 0 Å². The van der Waals surface area contributed by atoms with Crippen molar-refractivity contribution < 1.29 is 23.8 Å². The molecular weight excluding hydrogens is 420 g/mol. The normalized spacial score (nSPS) is 11.7. The Hall–Kier alpha value is -3.77. The molecule has 2 unspecified atom stereocenters. The lowest BCUT2D eigenvalue weighted by Gasteiger charge is -2.09. The van der Waals surface area contributed by atoms with E-state index in [0.717, 1.165) is 22.3 Å². The molecule has 1 heterocycles. The molecule has 7 nitrogen and oxygen atoms in total. The molecule has 0 fully saturated rings. The van der Waals surface area contributed by atoms with Crippen molar-refractivity contribution in [1.29, 1.82) is 0 Å². The highest BCUT2D eigenvalue weighted by molar-refractivity contribution is 7.16. The van der Waals surface area contributed by atoms with E-state index in [-0.39, 0.29) is 11.6 Å². The number of carboxylic acid groups (broad SMARTS) is 1. The Morgan fingerprint density at radius 3 is 2.16 bits per heavy atom. The number of H-pyrrole nitrogens is 1. The molecule has 0 aliphatic rings. The number of rotatable bonds is 7. The highest BCUT2D eigenvalue weighted by Gasteiger charge is 2.16. The predicted molar refractivity (Wildman–Crippen MR) is 116 cm³/mol. The number of ether oxygens (including phenoxy) is 2. The molecule has 1 aromatic heterocycles. The molecule has 9 heteroatoms. The van der Waals surface area contributed by atoms with Crippen molar-refractivity contribution in [2.45, 2.75) is 6.10 Å². The fourth-order valence-electron chi connectivity index (χ4n) is 2.99. The Labute approximate surface area is 179 Å². The maximum absolute atomic E-state index is 13.0. The van der Waals surface area contributed by atoms with Crippen LogP contribution in [0.3, 0.4) is 0 Å². The molecule has 4 aromatic rings. The smallest absolute Gasteiger partial charge is 0.359 e. The highest BCUT2D eigenvalue weighted by Crippen LogP contribution is 2.29. The third kappa shape index (κ3) is 4.87. The Kier molecular flexibility index (Phi) is 5.91. The fourth-order valence-corrected chi connectivity index (χ4v) is 3.15. The zero-order valence-corrected chi connectivity index (χ0v) is 17.2. The average Bonchev–Trinajstić information content (AvgIpc) is 3.23. The first-order valence-corrected chi connectivity index (χ1v) is 9.86. The van der Waals surface area contributed by atoms with Crippen LogP contribution in [0.2, 0.25) is 0 Å². The summed E-state index contributed by atoms with van der Waals surface area (Å²) in [6.45, 7) is 0. The molecule has 2 N–H and O–H groups in total. The topological polar surface area (TPSA) is 97.3 Å². The minimum atomic E-state index is -1.45. The van der Waals surface area contributed by atoms with Gasteiger partial charge in [0.2, 0.25) is 11.8 Å². The molecule has 31 heavy (non-hydrogen) atoms. The first-order chi connectivity index (χ1) is 15.0. The lowest BCUT2D eigenvalue weighted by atomic mass is 10.0. The van der Waals surface area contributed by atoms with Crippen molar-refractivity contribution in [1.82, 2.24) is 15.4 Å². The van der Waals surface area contributed by atoms with Gasteiger partial charge >= 0.3 is 5.97 Å². The third-order valence-electron chi connectivity index (χ3n) is 4.43. The van der Waals surface area contributed by atoms with E-state index in [2.05, 4.69) is 15.4 Å². The van der Waals surface area contributed by atoms with Crippen molar-refractivity contribution in [3.63, 3.8) is 0 Å². The lowest BCUT2D eigenvalue weighted by molar-refractivity contribution is 0.0687. The fraction of sp³-hybridized carbons (Fsp3) is 0.0455. The SMILES string of the molecule is O=C(O)c1[nH]nnc1Oc1ccc(-c2ccc(-c3cccc(OC(F)P)c3)cc2)cc1. The number of nitrogens with zero attached hydrogens (tertiary/aromatic N) is 2. The summed E-state index contributed by atoms with van der Waals surface area (Å²) >= 11 is 0. The summed E-state index contributed by atoms with van der Waals surface area (Å²) in [5, 5.41) is 18.4. The Balaban J connectivity index is 1.49. The highest BCUT2D eigenvalue weighted by atomic mass is 31.0. The van der Waals surface area contributed by atoms with Gasteiger partial charge in [0, 0.05) is 0 Å². The molecule has 3 aromatic carbocycles. The number of carboxylic acids is 1. The van der Waals surface area contributed by atoms with Crippen LogP contribution in [-0.2, 0) is 0 Å². The van der Waals surface area contributed by atoms with Crippen molar-refractivity contribution in [2.75, 3.05) is 0 Å². The van der Waals surface area contributed by atoms with Gasteiger partial charge in [-0.05, 0) is 46.5 Å². The number of aromatic amines is 1. The predicted octanol–water partition coefficient (Wildman–Crippen LogP) is 5.14. The number of hydrogen-bond acceptors (Lipinski definition) is 5. The van der Waals surface area contributed by atoms with E-state index in [9.17, 15) is 9.18 Å². The number of aromatic nitrogens is 3. The van der Waals surface area contributed by atoms with Gasteiger partial charge < -0.3 is 14.6 Å². The van der Waals surface area contributed by atoms with Gasteiger partial charge in [0.15, 0.2) is 0 Å². The van der Waals surface area contributed by atoms with E-state index in [4.69, 9.17) is 14.6 Å². The minimum absolute atomic E-state index is 0.100. The van der Waals surface area contributed by atoms with Gasteiger partial charge in [-0.1, -0.05) is 68.1 Å². The third-order valence-corrected chi connectivity index (χ3v) is 4.57. The van der Waals surface area contributed by atoms with Crippen molar-refractivity contribution in [3.05, 3.63) is 78.5 Å². The summed E-state index contributed by atoms with van der Waals surface area (Å²) in [7, 11) is 1.96. The van der Waals surface area contributed by atoms with E-state index in [1.807, 2.05) is 57.8 Å². The largest absolute Gasteiger partial charge is 0.476 e. The van der Waals surface area contributed by atoms with E-state index in [1.54, 1.807) is 24.3 Å². The molecule has 0 spiro atoms. The lowest BCUT2D eigenvalue weighted by Crippen LogP contribution is -1.99. The number of carbonyl (C=O) groups is 1. The van der Waals surface area contributed by atoms with Gasteiger partial charge in [-0.3, -0.25) is 0 Å². The maximum Gasteiger partial charge on any atom is 0.359 e. The van der Waals surface area contributed by atoms with Gasteiger partial charge in [0.25, 0.3) is 5.88 Å². The molecular formula is C22H17FN3O4P. The standard InChI is InChI=1S/C22H17FN3O4P/c23-22(31)30-18-3-1-2-16(12-18)15-6-4-13(5-7-15)14-8-10-17(11-9-14)29-20-19(21(27)28)24-26-25-20/h1-12,22H,31H2,(H,27,28)(H,24,25,26). The summed E-state index contributed by atoms with van der Waals surface area (Å²) in [6, 6.07) is 22.3. The van der Waals surface area contributed by atoms with E-state index in [0.29, 0.717) is 11.5 Å². The van der Waals surface area contributed by atoms with Gasteiger partial charge in [-0.15, -0.1) is 0 Å². The van der Waals surface area contributed by atoms with Crippen LogP contribution >= 0.6 is 9.24 Å². The quantitative estimate of drug-likeness (QED) is 0.389. The maximum atomic E-state index is 13.0. The van der Waals surface area contributed by atoms with Crippen molar-refractivity contribution in [2.24, 2.45) is 0 Å². The van der Waals surface area contributed by atoms with Crippen molar-refractivity contribution in [3.8, 4) is 39.6 Å². The molecule has 0 saturated carbocycles. The van der Waals surface area contributed by atoms with Crippen molar-refractivity contribution >= 4 is 15.2 Å². The number of nitrogens with one attached hydrogen (secondary N) is 1. The Morgan fingerprint density at radius 2 is 1.55 bits per heavy atom. The summed E-state index contributed by atoms with van der Waals surface area (Å²) in [6.07, 6.45) is -1.45. The Bertz CT molecular complexity index is 1190. The second kappa shape index (κ2) is 8.93. The number of benzene rings is 3. The number of aromatic carboxylic acids is 1. The first kappa shape index (κ1) is 20.5. The van der Waals surface area contributed by atoms with Crippen LogP contribution in [0.15, 0.2) is 72.8 Å². The van der Waals surface area contributed by atoms with Crippen LogP contribution in [0.5, 0.6) is 17.4 Å². The zero-order chi connectivity index (χ0) is 21.8. The summed E-state index contributed by atoms with van der Waals surface area (Å²) in [5.41, 5.74) is 3.62. The number of alkyl halides is 1. The van der Waals surface area contributed by atoms with Crippen LogP contribution in [0.1, 0.15) is 10.5 Å². The zero-order valence-electron chi connectivity index (χ0n) is 16.0. The molecule has 0 bridgehead atoms. The van der Waals surface area contributed by atoms with Crippen LogP contribution in [-0.4, -0.2) is 32.6 Å². The van der Waals surface area contributed by atoms with Crippen LogP contribution < -0.4 is 9.47 Å². The first-order valence-electron chi connectivity index (χ1n) is 9.19. The minimum Gasteiger partial charge on any atom is -0.476 e. The van der Waals surface area contributed by atoms with Gasteiger partial charge in [0.1, 0.15) is 11.5 Å². The van der Waals surface area contributed by atoms with Crippen LogP contribution in [0.25, 0.3) is 22.3 Å². The second-order valence-electron chi connectivity index (χ2n) is 6.50. The van der Waals surface area contributed by atoms with E-state index < -0.39 is 12.1 Å². The van der Waals surface area contributed by atoms with Gasteiger partial charge in [-0.25, -0.2) is 9.89 Å². The van der Waals surface area contributed by atoms with Gasteiger partial charge in [0.05, 0.1) is 0 Å². The summed E-state index contributed by atoms with van der Waals surface area (Å²) < 4.78 is 23.6. The van der Waals surface area contributed by atoms with E-state index in [1.165, 1.54) is 0 Å².